The maximum absolute atomic E-state index is 13.0. The van der Waals surface area contributed by atoms with Gasteiger partial charge in [0.05, 0.1) is 16.9 Å². The highest BCUT2D eigenvalue weighted by molar-refractivity contribution is 5.35. The van der Waals surface area contributed by atoms with Crippen LogP contribution in [0.3, 0.4) is 0 Å². The Hall–Kier alpha value is -2.48. The number of hydrogen-bond donors (Lipinski definition) is 0. The van der Waals surface area contributed by atoms with E-state index in [0.717, 1.165) is 4.68 Å². The number of benzene rings is 1. The van der Waals surface area contributed by atoms with Crippen LogP contribution in [0.2, 0.25) is 0 Å². The van der Waals surface area contributed by atoms with Gasteiger partial charge in [-0.1, -0.05) is 6.07 Å². The zero-order valence-electron chi connectivity index (χ0n) is 9.01. The van der Waals surface area contributed by atoms with Crippen molar-refractivity contribution in [3.8, 4) is 11.8 Å². The lowest BCUT2D eigenvalue weighted by molar-refractivity contribution is 0.624. The van der Waals surface area contributed by atoms with Crippen molar-refractivity contribution in [3.63, 3.8) is 0 Å². The second-order valence-corrected chi connectivity index (χ2v) is 3.49. The lowest BCUT2D eigenvalue weighted by Crippen LogP contribution is -2.22. The van der Waals surface area contributed by atoms with Gasteiger partial charge in [0, 0.05) is 6.07 Å². The van der Waals surface area contributed by atoms with Gasteiger partial charge < -0.3 is 0 Å². The number of aromatic nitrogens is 2. The molecule has 84 valence electrons. The second-order valence-electron chi connectivity index (χ2n) is 3.49. The summed E-state index contributed by atoms with van der Waals surface area (Å²) in [4.78, 5) is 11.7. The van der Waals surface area contributed by atoms with Crippen LogP contribution in [0.4, 0.5) is 4.39 Å². The molecule has 0 amide bonds. The molecule has 0 aliphatic heterocycles. The molecule has 17 heavy (non-hydrogen) atoms. The molecule has 0 radical (unpaired) electrons. The van der Waals surface area contributed by atoms with Crippen molar-refractivity contribution in [1.82, 2.24) is 9.78 Å². The Kier molecular flexibility index (Phi) is 2.71. The van der Waals surface area contributed by atoms with Crippen LogP contribution >= 0.6 is 0 Å². The van der Waals surface area contributed by atoms with E-state index in [9.17, 15) is 9.18 Å². The molecule has 0 fully saturated rings. The minimum absolute atomic E-state index is 0.225. The molecule has 0 bridgehead atoms. The van der Waals surface area contributed by atoms with E-state index in [1.807, 2.05) is 6.07 Å². The monoisotopic (exact) mass is 229 g/mol. The molecule has 0 unspecified atom stereocenters. The van der Waals surface area contributed by atoms with Gasteiger partial charge in [-0.05, 0) is 25.1 Å². The highest BCUT2D eigenvalue weighted by atomic mass is 19.1. The number of nitriles is 1. The Bertz CT molecular complexity index is 670. The number of rotatable bonds is 1. The highest BCUT2D eigenvalue weighted by Gasteiger charge is 2.06. The average molecular weight is 229 g/mol. The van der Waals surface area contributed by atoms with Crippen molar-refractivity contribution in [1.29, 1.82) is 5.26 Å². The molecule has 5 heteroatoms. The van der Waals surface area contributed by atoms with E-state index in [1.165, 1.54) is 24.3 Å². The van der Waals surface area contributed by atoms with E-state index < -0.39 is 11.4 Å². The summed E-state index contributed by atoms with van der Waals surface area (Å²) in [6.45, 7) is 1.62. The van der Waals surface area contributed by atoms with Crippen LogP contribution in [0.5, 0.6) is 0 Å². The van der Waals surface area contributed by atoms with Crippen LogP contribution in [0, 0.1) is 24.1 Å². The van der Waals surface area contributed by atoms with Crippen molar-refractivity contribution < 1.29 is 4.39 Å². The van der Waals surface area contributed by atoms with E-state index in [2.05, 4.69) is 5.10 Å². The predicted octanol–water partition coefficient (Wildman–Crippen LogP) is 1.55. The molecule has 2 rings (SSSR count). The summed E-state index contributed by atoms with van der Waals surface area (Å²) < 4.78 is 14.1. The Morgan fingerprint density at radius 1 is 1.41 bits per heavy atom. The number of nitrogens with zero attached hydrogens (tertiary/aromatic N) is 3. The quantitative estimate of drug-likeness (QED) is 0.745. The van der Waals surface area contributed by atoms with Crippen LogP contribution < -0.4 is 5.56 Å². The van der Waals surface area contributed by atoms with E-state index >= 15 is 0 Å². The van der Waals surface area contributed by atoms with Crippen molar-refractivity contribution in [2.24, 2.45) is 0 Å². The molecule has 0 saturated carbocycles. The van der Waals surface area contributed by atoms with Crippen LogP contribution in [0.15, 0.2) is 35.1 Å². The minimum atomic E-state index is -0.460. The van der Waals surface area contributed by atoms with Crippen LogP contribution in [0.25, 0.3) is 5.69 Å². The van der Waals surface area contributed by atoms with E-state index in [-0.39, 0.29) is 5.56 Å². The summed E-state index contributed by atoms with van der Waals surface area (Å²) in [5.74, 6) is -0.446. The van der Waals surface area contributed by atoms with Gasteiger partial charge in [0.1, 0.15) is 11.9 Å². The fraction of sp³-hybridized carbons (Fsp3) is 0.0833. The first kappa shape index (κ1) is 11.0. The number of hydrogen-bond acceptors (Lipinski definition) is 3. The maximum atomic E-state index is 13.0. The van der Waals surface area contributed by atoms with E-state index in [1.54, 1.807) is 13.0 Å². The van der Waals surface area contributed by atoms with Gasteiger partial charge in [-0.25, -0.2) is 4.39 Å². The standard InChI is InChI=1S/C12H8FN3O/c1-8-9(7-14)5-12(17)16(15-8)11-4-2-3-10(13)6-11/h2-6H,1H3. The van der Waals surface area contributed by atoms with Crippen molar-refractivity contribution in [3.05, 3.63) is 57.8 Å². The zero-order valence-corrected chi connectivity index (χ0v) is 9.01. The highest BCUT2D eigenvalue weighted by Crippen LogP contribution is 2.07. The molecular weight excluding hydrogens is 221 g/mol. The van der Waals surface area contributed by atoms with Gasteiger partial charge in [0.15, 0.2) is 0 Å². The Morgan fingerprint density at radius 2 is 2.18 bits per heavy atom. The molecule has 0 N–H and O–H groups in total. The molecule has 0 saturated heterocycles. The van der Waals surface area contributed by atoms with Gasteiger partial charge >= 0.3 is 0 Å². The summed E-state index contributed by atoms with van der Waals surface area (Å²) in [5, 5.41) is 12.7. The van der Waals surface area contributed by atoms with Gasteiger partial charge in [-0.2, -0.15) is 15.0 Å². The molecule has 1 aromatic carbocycles. The number of aryl methyl sites for hydroxylation is 1. The average Bonchev–Trinajstić information content (AvgIpc) is 2.31. The first-order valence-corrected chi connectivity index (χ1v) is 4.89. The molecular formula is C12H8FN3O. The van der Waals surface area contributed by atoms with E-state index in [0.29, 0.717) is 11.4 Å². The summed E-state index contributed by atoms with van der Waals surface area (Å²) >= 11 is 0. The third-order valence-corrected chi connectivity index (χ3v) is 2.29. The minimum Gasteiger partial charge on any atom is -0.267 e. The molecule has 0 atom stereocenters. The summed E-state index contributed by atoms with van der Waals surface area (Å²) in [7, 11) is 0. The molecule has 2 aromatic rings. The van der Waals surface area contributed by atoms with Crippen molar-refractivity contribution in [2.45, 2.75) is 6.92 Å². The van der Waals surface area contributed by atoms with Crippen LogP contribution in [-0.2, 0) is 0 Å². The lowest BCUT2D eigenvalue weighted by Gasteiger charge is -2.05. The Labute approximate surface area is 96.6 Å². The second kappa shape index (κ2) is 4.18. The zero-order chi connectivity index (χ0) is 12.4. The third-order valence-electron chi connectivity index (χ3n) is 2.29. The summed E-state index contributed by atoms with van der Waals surface area (Å²) in [6, 6.07) is 8.62. The normalized spacial score (nSPS) is 9.94. The third kappa shape index (κ3) is 2.06. The molecule has 0 spiro atoms. The predicted molar refractivity (Wildman–Crippen MR) is 59.2 cm³/mol. The fourth-order valence-electron chi connectivity index (χ4n) is 1.45. The molecule has 0 aliphatic carbocycles. The first-order chi connectivity index (χ1) is 8.11. The number of halogens is 1. The molecule has 0 aliphatic rings. The summed E-state index contributed by atoms with van der Waals surface area (Å²) in [5.41, 5.74) is 0.527. The van der Waals surface area contributed by atoms with Crippen LogP contribution in [0.1, 0.15) is 11.3 Å². The SMILES string of the molecule is Cc1nn(-c2cccc(F)c2)c(=O)cc1C#N. The lowest BCUT2D eigenvalue weighted by atomic mass is 10.2. The topological polar surface area (TPSA) is 58.7 Å². The van der Waals surface area contributed by atoms with Crippen LogP contribution in [-0.4, -0.2) is 9.78 Å². The largest absolute Gasteiger partial charge is 0.272 e. The smallest absolute Gasteiger partial charge is 0.267 e. The van der Waals surface area contributed by atoms with E-state index in [4.69, 9.17) is 5.26 Å². The van der Waals surface area contributed by atoms with Gasteiger partial charge in [-0.3, -0.25) is 4.79 Å². The fourth-order valence-corrected chi connectivity index (χ4v) is 1.45. The molecule has 1 aromatic heterocycles. The van der Waals surface area contributed by atoms with Gasteiger partial charge in [-0.15, -0.1) is 0 Å². The summed E-state index contributed by atoms with van der Waals surface area (Å²) in [6.07, 6.45) is 0. The Balaban J connectivity index is 2.66. The maximum Gasteiger partial charge on any atom is 0.272 e. The molecule has 4 nitrogen and oxygen atoms in total. The molecule has 1 heterocycles. The van der Waals surface area contributed by atoms with Crippen molar-refractivity contribution >= 4 is 0 Å². The Morgan fingerprint density at radius 3 is 2.82 bits per heavy atom. The first-order valence-electron chi connectivity index (χ1n) is 4.89. The van der Waals surface area contributed by atoms with Gasteiger partial charge in [0.2, 0.25) is 0 Å². The van der Waals surface area contributed by atoms with Gasteiger partial charge in [0.25, 0.3) is 5.56 Å². The van der Waals surface area contributed by atoms with Crippen molar-refractivity contribution in [2.75, 3.05) is 0 Å².